The molecule has 0 aromatic heterocycles. The van der Waals surface area contributed by atoms with Gasteiger partial charge >= 0.3 is 12.2 Å². The Hall–Kier alpha value is -3.56. The SMILES string of the molecule is CN(C)C1(Cc2ccccc2)CCN(c2cc(C(F)(F)F)ccc2CNC(=O)Nc2cccc3c2CC(O)CC3)CC1. The van der Waals surface area contributed by atoms with E-state index in [2.05, 4.69) is 41.8 Å². The summed E-state index contributed by atoms with van der Waals surface area (Å²) in [7, 11) is 4.14. The smallest absolute Gasteiger partial charge is 0.393 e. The molecule has 1 aliphatic carbocycles. The van der Waals surface area contributed by atoms with Crippen LogP contribution in [0.1, 0.15) is 47.1 Å². The fourth-order valence-corrected chi connectivity index (χ4v) is 6.33. The van der Waals surface area contributed by atoms with Crippen LogP contribution >= 0.6 is 0 Å². The molecular formula is C33H39F3N4O2. The molecule has 224 valence electrons. The summed E-state index contributed by atoms with van der Waals surface area (Å²) in [6, 6.07) is 19.3. The number of fused-ring (bicyclic) bond motifs is 1. The number of piperidine rings is 1. The number of alkyl halides is 3. The van der Waals surface area contributed by atoms with Crippen LogP contribution in [0.3, 0.4) is 0 Å². The van der Waals surface area contributed by atoms with E-state index in [0.29, 0.717) is 42.9 Å². The van der Waals surface area contributed by atoms with E-state index in [1.807, 2.05) is 35.2 Å². The number of aliphatic hydroxyl groups is 1. The van der Waals surface area contributed by atoms with Gasteiger partial charge in [0.25, 0.3) is 0 Å². The van der Waals surface area contributed by atoms with Crippen molar-refractivity contribution < 1.29 is 23.1 Å². The maximum atomic E-state index is 13.7. The standard InChI is InChI=1S/C33H39F3N4O2/c1-39(2)32(21-23-7-4-3-5-8-23)15-17-40(18-16-32)30-19-26(33(34,35)36)13-11-25(30)22-37-31(42)38-29-10-6-9-24-12-14-27(41)20-28(24)29/h3-11,13,19,27,41H,12,14-18,20-22H2,1-2H3,(H2,37,38,42). The van der Waals surface area contributed by atoms with Crippen LogP contribution in [0.15, 0.2) is 66.7 Å². The first-order valence-corrected chi connectivity index (χ1v) is 14.5. The Balaban J connectivity index is 1.31. The van der Waals surface area contributed by atoms with Gasteiger partial charge in [0.2, 0.25) is 0 Å². The van der Waals surface area contributed by atoms with Crippen molar-refractivity contribution >= 4 is 17.4 Å². The van der Waals surface area contributed by atoms with Gasteiger partial charge in [-0.1, -0.05) is 48.5 Å². The highest BCUT2D eigenvalue weighted by Gasteiger charge is 2.38. The maximum absolute atomic E-state index is 13.7. The first-order chi connectivity index (χ1) is 20.0. The molecule has 2 aliphatic rings. The molecule has 3 aromatic carbocycles. The number of carbonyl (C=O) groups is 1. The largest absolute Gasteiger partial charge is 0.416 e. The highest BCUT2D eigenvalue weighted by molar-refractivity contribution is 5.90. The second kappa shape index (κ2) is 12.4. The molecule has 0 saturated carbocycles. The highest BCUT2D eigenvalue weighted by atomic mass is 19.4. The number of benzene rings is 3. The van der Waals surface area contributed by atoms with Crippen molar-refractivity contribution in [2.75, 3.05) is 37.4 Å². The van der Waals surface area contributed by atoms with Gasteiger partial charge in [-0.3, -0.25) is 0 Å². The number of amides is 2. The summed E-state index contributed by atoms with van der Waals surface area (Å²) in [5.41, 5.74) is 4.24. The van der Waals surface area contributed by atoms with Gasteiger partial charge in [0, 0.05) is 43.0 Å². The fraction of sp³-hybridized carbons (Fsp3) is 0.424. The molecule has 0 bridgehead atoms. The number of rotatable bonds is 7. The van der Waals surface area contributed by atoms with Crippen LogP contribution in [-0.2, 0) is 32.0 Å². The number of aliphatic hydroxyl groups excluding tert-OH is 1. The van der Waals surface area contributed by atoms with E-state index < -0.39 is 23.9 Å². The maximum Gasteiger partial charge on any atom is 0.416 e. The van der Waals surface area contributed by atoms with E-state index >= 15 is 0 Å². The third kappa shape index (κ3) is 6.73. The van der Waals surface area contributed by atoms with Gasteiger partial charge < -0.3 is 25.5 Å². The number of halogens is 3. The van der Waals surface area contributed by atoms with Crippen LogP contribution in [0.5, 0.6) is 0 Å². The lowest BCUT2D eigenvalue weighted by atomic mass is 9.80. The molecule has 3 aromatic rings. The van der Waals surface area contributed by atoms with Gasteiger partial charge in [-0.25, -0.2) is 4.79 Å². The van der Waals surface area contributed by atoms with Crippen LogP contribution in [0.25, 0.3) is 0 Å². The molecule has 5 rings (SSSR count). The normalized spacial score (nSPS) is 18.5. The van der Waals surface area contributed by atoms with E-state index in [1.54, 1.807) is 6.07 Å². The quantitative estimate of drug-likeness (QED) is 0.320. The van der Waals surface area contributed by atoms with Crippen molar-refractivity contribution in [2.24, 2.45) is 0 Å². The Morgan fingerprint density at radius 3 is 2.48 bits per heavy atom. The number of aryl methyl sites for hydroxylation is 1. The summed E-state index contributed by atoms with van der Waals surface area (Å²) in [6.45, 7) is 1.28. The predicted octanol–water partition coefficient (Wildman–Crippen LogP) is 6.02. The fourth-order valence-electron chi connectivity index (χ4n) is 6.33. The number of hydrogen-bond acceptors (Lipinski definition) is 4. The molecule has 1 heterocycles. The second-order valence-corrected chi connectivity index (χ2v) is 11.8. The molecule has 1 saturated heterocycles. The lowest BCUT2D eigenvalue weighted by Gasteiger charge is -2.47. The first-order valence-electron chi connectivity index (χ1n) is 14.5. The molecule has 0 spiro atoms. The van der Waals surface area contributed by atoms with Gasteiger partial charge in [0.05, 0.1) is 11.7 Å². The molecule has 6 nitrogen and oxygen atoms in total. The van der Waals surface area contributed by atoms with Crippen LogP contribution < -0.4 is 15.5 Å². The van der Waals surface area contributed by atoms with Crippen molar-refractivity contribution in [1.82, 2.24) is 10.2 Å². The van der Waals surface area contributed by atoms with Gasteiger partial charge in [0.1, 0.15) is 0 Å². The topological polar surface area (TPSA) is 67.8 Å². The van der Waals surface area contributed by atoms with Crippen LogP contribution in [0.4, 0.5) is 29.3 Å². The van der Waals surface area contributed by atoms with Crippen LogP contribution in [-0.4, -0.2) is 54.9 Å². The predicted molar refractivity (Wildman–Crippen MR) is 160 cm³/mol. The van der Waals surface area contributed by atoms with E-state index in [0.717, 1.165) is 42.9 Å². The Bertz CT molecular complexity index is 1390. The summed E-state index contributed by atoms with van der Waals surface area (Å²) in [6.07, 6.45) is -0.536. The zero-order valence-electron chi connectivity index (χ0n) is 24.2. The molecule has 1 aliphatic heterocycles. The van der Waals surface area contributed by atoms with Gasteiger partial charge in [0.15, 0.2) is 0 Å². The lowest BCUT2D eigenvalue weighted by molar-refractivity contribution is -0.137. The minimum Gasteiger partial charge on any atom is -0.393 e. The molecule has 1 fully saturated rings. The van der Waals surface area contributed by atoms with E-state index in [-0.39, 0.29) is 12.1 Å². The second-order valence-electron chi connectivity index (χ2n) is 11.8. The Morgan fingerprint density at radius 1 is 1.05 bits per heavy atom. The number of urea groups is 1. The number of anilines is 2. The molecule has 42 heavy (non-hydrogen) atoms. The zero-order valence-corrected chi connectivity index (χ0v) is 24.2. The highest BCUT2D eigenvalue weighted by Crippen LogP contribution is 2.37. The van der Waals surface area contributed by atoms with Crippen molar-refractivity contribution in [3.05, 3.63) is 94.5 Å². The van der Waals surface area contributed by atoms with Crippen molar-refractivity contribution in [1.29, 1.82) is 0 Å². The lowest BCUT2D eigenvalue weighted by Crippen LogP contribution is -2.54. The molecular weight excluding hydrogens is 541 g/mol. The van der Waals surface area contributed by atoms with E-state index in [1.165, 1.54) is 17.7 Å². The van der Waals surface area contributed by atoms with Crippen molar-refractivity contribution in [3.63, 3.8) is 0 Å². The van der Waals surface area contributed by atoms with E-state index in [4.69, 9.17) is 0 Å². The Labute approximate surface area is 245 Å². The van der Waals surface area contributed by atoms with Crippen LogP contribution in [0, 0.1) is 0 Å². The van der Waals surface area contributed by atoms with Crippen molar-refractivity contribution in [2.45, 2.75) is 62.9 Å². The molecule has 9 heteroatoms. The summed E-state index contributed by atoms with van der Waals surface area (Å²) in [5.74, 6) is 0. The first kappa shape index (κ1) is 29.9. The third-order valence-electron chi connectivity index (χ3n) is 8.92. The number of nitrogens with one attached hydrogen (secondary N) is 2. The van der Waals surface area contributed by atoms with Gasteiger partial charge in [-0.2, -0.15) is 13.2 Å². The third-order valence-corrected chi connectivity index (χ3v) is 8.92. The number of carbonyl (C=O) groups excluding carboxylic acids is 1. The average Bonchev–Trinajstić information content (AvgIpc) is 2.97. The van der Waals surface area contributed by atoms with Gasteiger partial charge in [-0.05, 0) is 86.7 Å². The number of hydrogen-bond donors (Lipinski definition) is 3. The Kier molecular flexibility index (Phi) is 8.80. The van der Waals surface area contributed by atoms with Crippen molar-refractivity contribution in [3.8, 4) is 0 Å². The summed E-state index contributed by atoms with van der Waals surface area (Å²) >= 11 is 0. The zero-order chi connectivity index (χ0) is 29.9. The number of likely N-dealkylation sites (N-methyl/N-ethyl adjacent to an activating group) is 1. The minimum absolute atomic E-state index is 0.0797. The summed E-state index contributed by atoms with van der Waals surface area (Å²) in [4.78, 5) is 17.2. The molecule has 2 amide bonds. The monoisotopic (exact) mass is 580 g/mol. The molecule has 1 unspecified atom stereocenters. The summed E-state index contributed by atoms with van der Waals surface area (Å²) < 4.78 is 41.2. The minimum atomic E-state index is -4.47. The molecule has 1 atom stereocenters. The van der Waals surface area contributed by atoms with E-state index in [9.17, 15) is 23.1 Å². The summed E-state index contributed by atoms with van der Waals surface area (Å²) in [5, 5.41) is 15.8. The number of nitrogens with zero attached hydrogens (tertiary/aromatic N) is 2. The molecule has 3 N–H and O–H groups in total. The van der Waals surface area contributed by atoms with Gasteiger partial charge in [-0.15, -0.1) is 0 Å². The van der Waals surface area contributed by atoms with Crippen LogP contribution in [0.2, 0.25) is 0 Å². The average molecular weight is 581 g/mol. The molecule has 0 radical (unpaired) electrons. The Morgan fingerprint density at radius 2 is 1.79 bits per heavy atom.